The van der Waals surface area contributed by atoms with Crippen molar-refractivity contribution in [3.8, 4) is 6.07 Å². The minimum Gasteiger partial charge on any atom is -0.379 e. The predicted molar refractivity (Wildman–Crippen MR) is 87.0 cm³/mol. The van der Waals surface area contributed by atoms with Crippen LogP contribution in [0.4, 0.5) is 0 Å². The van der Waals surface area contributed by atoms with Crippen LogP contribution < -0.4 is 5.32 Å². The van der Waals surface area contributed by atoms with Crippen molar-refractivity contribution >= 4 is 5.91 Å². The summed E-state index contributed by atoms with van der Waals surface area (Å²) in [6.07, 6.45) is 2.70. The Balaban J connectivity index is 1.99. The van der Waals surface area contributed by atoms with Crippen LogP contribution in [0.3, 0.4) is 0 Å². The molecule has 122 valence electrons. The van der Waals surface area contributed by atoms with E-state index < -0.39 is 0 Å². The minimum atomic E-state index is -0.214. The Morgan fingerprint density at radius 3 is 3.09 bits per heavy atom. The molecule has 0 radical (unpaired) electrons. The van der Waals surface area contributed by atoms with Gasteiger partial charge in [0, 0.05) is 12.2 Å². The topological polar surface area (TPSA) is 71.3 Å². The van der Waals surface area contributed by atoms with Gasteiger partial charge in [0.05, 0.1) is 37.0 Å². The highest BCUT2D eigenvalue weighted by molar-refractivity contribution is 5.94. The van der Waals surface area contributed by atoms with Crippen LogP contribution in [0.5, 0.6) is 0 Å². The van der Waals surface area contributed by atoms with Crippen LogP contribution in [-0.4, -0.2) is 37.9 Å². The third-order valence-corrected chi connectivity index (χ3v) is 3.67. The molecule has 5 heteroatoms. The summed E-state index contributed by atoms with van der Waals surface area (Å²) in [5.41, 5.74) is 2.14. The molecular formula is C18H22N2O3. The number of hydrogen-bond donors (Lipinski definition) is 1. The summed E-state index contributed by atoms with van der Waals surface area (Å²) in [5, 5.41) is 11.9. The fourth-order valence-corrected chi connectivity index (χ4v) is 2.37. The fourth-order valence-electron chi connectivity index (χ4n) is 2.37. The zero-order valence-electron chi connectivity index (χ0n) is 13.5. The highest BCUT2D eigenvalue weighted by atomic mass is 16.5. The molecule has 2 rings (SSSR count). The fraction of sp³-hybridized carbons (Fsp3) is 0.444. The van der Waals surface area contributed by atoms with E-state index in [9.17, 15) is 4.79 Å². The van der Waals surface area contributed by atoms with Crippen molar-refractivity contribution < 1.29 is 14.3 Å². The lowest BCUT2D eigenvalue weighted by Gasteiger charge is -2.31. The van der Waals surface area contributed by atoms with Gasteiger partial charge in [-0.25, -0.2) is 0 Å². The number of carbonyl (C=O) groups is 1. The first kappa shape index (κ1) is 17.2. The molecule has 0 aliphatic carbocycles. The van der Waals surface area contributed by atoms with E-state index in [2.05, 4.69) is 5.32 Å². The first-order valence-electron chi connectivity index (χ1n) is 7.74. The zero-order chi connectivity index (χ0) is 16.7. The summed E-state index contributed by atoms with van der Waals surface area (Å²) < 4.78 is 11.3. The smallest absolute Gasteiger partial charge is 0.251 e. The van der Waals surface area contributed by atoms with Crippen molar-refractivity contribution in [3.05, 3.63) is 47.0 Å². The van der Waals surface area contributed by atoms with Gasteiger partial charge in [-0.1, -0.05) is 17.7 Å². The van der Waals surface area contributed by atoms with E-state index in [-0.39, 0.29) is 18.1 Å². The molecule has 1 aliphatic heterocycles. The standard InChI is InChI=1S/C18H22N2O3/c1-13(2)6-9-23-17-7-8-22-12-16(17)20-18(21)15-5-3-4-14(10-15)11-19/h3-6,10,16-17H,7-9,12H2,1-2H3,(H,20,21)/t16-,17+/m1/s1. The molecule has 1 amide bonds. The number of carbonyl (C=O) groups excluding carboxylic acids is 1. The molecular weight excluding hydrogens is 292 g/mol. The first-order chi connectivity index (χ1) is 11.1. The van der Waals surface area contributed by atoms with Crippen LogP contribution in [0.2, 0.25) is 0 Å². The number of hydrogen-bond acceptors (Lipinski definition) is 4. The van der Waals surface area contributed by atoms with Gasteiger partial charge in [0.25, 0.3) is 5.91 Å². The molecule has 1 heterocycles. The van der Waals surface area contributed by atoms with Gasteiger partial charge in [0.15, 0.2) is 0 Å². The molecule has 0 aromatic heterocycles. The van der Waals surface area contributed by atoms with E-state index in [1.807, 2.05) is 26.0 Å². The normalized spacial score (nSPS) is 20.4. The molecule has 1 N–H and O–H groups in total. The number of benzene rings is 1. The summed E-state index contributed by atoms with van der Waals surface area (Å²) in [7, 11) is 0. The maximum absolute atomic E-state index is 12.4. The Labute approximate surface area is 136 Å². The lowest BCUT2D eigenvalue weighted by Crippen LogP contribution is -2.50. The highest BCUT2D eigenvalue weighted by Gasteiger charge is 2.28. The Morgan fingerprint density at radius 1 is 1.52 bits per heavy atom. The Hall–Kier alpha value is -2.16. The Bertz CT molecular complexity index is 615. The summed E-state index contributed by atoms with van der Waals surface area (Å²) in [6.45, 7) is 5.64. The van der Waals surface area contributed by atoms with E-state index in [1.165, 1.54) is 5.57 Å². The van der Waals surface area contributed by atoms with Gasteiger partial charge < -0.3 is 14.8 Å². The van der Waals surface area contributed by atoms with Crippen molar-refractivity contribution in [2.45, 2.75) is 32.4 Å². The van der Waals surface area contributed by atoms with E-state index >= 15 is 0 Å². The lowest BCUT2D eigenvalue weighted by atomic mass is 10.1. The summed E-state index contributed by atoms with van der Waals surface area (Å²) >= 11 is 0. The molecule has 1 fully saturated rings. The number of amides is 1. The third-order valence-electron chi connectivity index (χ3n) is 3.67. The Kier molecular flexibility index (Phi) is 6.33. The van der Waals surface area contributed by atoms with Gasteiger partial charge >= 0.3 is 0 Å². The van der Waals surface area contributed by atoms with E-state index in [0.717, 1.165) is 6.42 Å². The van der Waals surface area contributed by atoms with Crippen LogP contribution in [0.1, 0.15) is 36.2 Å². The van der Waals surface area contributed by atoms with Crippen LogP contribution >= 0.6 is 0 Å². The Morgan fingerprint density at radius 2 is 2.35 bits per heavy atom. The third kappa shape index (κ3) is 5.20. The second-order valence-corrected chi connectivity index (χ2v) is 5.79. The molecule has 23 heavy (non-hydrogen) atoms. The maximum atomic E-state index is 12.4. The molecule has 1 aromatic carbocycles. The second kappa shape index (κ2) is 8.47. The van der Waals surface area contributed by atoms with Crippen molar-refractivity contribution in [1.29, 1.82) is 5.26 Å². The van der Waals surface area contributed by atoms with E-state index in [4.69, 9.17) is 14.7 Å². The SMILES string of the molecule is CC(C)=CCO[C@H]1CCOC[C@H]1NC(=O)c1cccc(C#N)c1. The number of nitrogens with one attached hydrogen (secondary N) is 1. The molecule has 0 unspecified atom stereocenters. The quantitative estimate of drug-likeness (QED) is 0.847. The first-order valence-corrected chi connectivity index (χ1v) is 7.74. The van der Waals surface area contributed by atoms with Gasteiger partial charge in [-0.3, -0.25) is 4.79 Å². The molecule has 0 saturated carbocycles. The van der Waals surface area contributed by atoms with E-state index in [1.54, 1.807) is 24.3 Å². The van der Waals surface area contributed by atoms with Crippen molar-refractivity contribution in [1.82, 2.24) is 5.32 Å². The molecule has 1 saturated heterocycles. The largest absolute Gasteiger partial charge is 0.379 e. The number of nitriles is 1. The summed E-state index contributed by atoms with van der Waals surface area (Å²) in [4.78, 5) is 12.4. The van der Waals surface area contributed by atoms with Gasteiger partial charge in [-0.15, -0.1) is 0 Å². The second-order valence-electron chi connectivity index (χ2n) is 5.79. The molecule has 5 nitrogen and oxygen atoms in total. The number of ether oxygens (including phenoxy) is 2. The number of rotatable bonds is 5. The van der Waals surface area contributed by atoms with Crippen molar-refractivity contribution in [3.63, 3.8) is 0 Å². The molecule has 0 spiro atoms. The van der Waals surface area contributed by atoms with Crippen molar-refractivity contribution in [2.75, 3.05) is 19.8 Å². The van der Waals surface area contributed by atoms with Crippen LogP contribution in [-0.2, 0) is 9.47 Å². The highest BCUT2D eigenvalue weighted by Crippen LogP contribution is 2.14. The minimum absolute atomic E-state index is 0.0672. The van der Waals surface area contributed by atoms with Crippen molar-refractivity contribution in [2.24, 2.45) is 0 Å². The number of nitrogens with zero attached hydrogens (tertiary/aromatic N) is 1. The average molecular weight is 314 g/mol. The summed E-state index contributed by atoms with van der Waals surface area (Å²) in [5.74, 6) is -0.214. The maximum Gasteiger partial charge on any atom is 0.251 e. The van der Waals surface area contributed by atoms with E-state index in [0.29, 0.717) is 30.9 Å². The molecule has 2 atom stereocenters. The van der Waals surface area contributed by atoms with Crippen LogP contribution in [0.15, 0.2) is 35.9 Å². The van der Waals surface area contributed by atoms with Gasteiger partial charge in [0.2, 0.25) is 0 Å². The average Bonchev–Trinajstić information content (AvgIpc) is 2.56. The van der Waals surface area contributed by atoms with Crippen LogP contribution in [0.25, 0.3) is 0 Å². The lowest BCUT2D eigenvalue weighted by molar-refractivity contribution is -0.0457. The molecule has 1 aliphatic rings. The predicted octanol–water partition coefficient (Wildman–Crippen LogP) is 2.43. The molecule has 1 aromatic rings. The van der Waals surface area contributed by atoms with Gasteiger partial charge in [-0.2, -0.15) is 5.26 Å². The van der Waals surface area contributed by atoms with Gasteiger partial charge in [0.1, 0.15) is 0 Å². The molecule has 0 bridgehead atoms. The monoisotopic (exact) mass is 314 g/mol. The van der Waals surface area contributed by atoms with Crippen LogP contribution in [0, 0.1) is 11.3 Å². The van der Waals surface area contributed by atoms with Gasteiger partial charge in [-0.05, 0) is 38.5 Å². The number of allylic oxidation sites excluding steroid dienone is 1. The zero-order valence-corrected chi connectivity index (χ0v) is 13.5. The summed E-state index contributed by atoms with van der Waals surface area (Å²) in [6, 6.07) is 8.50.